The van der Waals surface area contributed by atoms with Gasteiger partial charge in [-0.2, -0.15) is 0 Å². The van der Waals surface area contributed by atoms with Crippen molar-refractivity contribution in [1.29, 1.82) is 0 Å². The van der Waals surface area contributed by atoms with Crippen molar-refractivity contribution in [3.05, 3.63) is 12.2 Å². The second kappa shape index (κ2) is 4.45. The number of nitrogens with zero attached hydrogens (tertiary/aromatic N) is 1. The molecule has 2 aliphatic heterocycles. The van der Waals surface area contributed by atoms with Crippen LogP contribution < -0.4 is 5.32 Å². The summed E-state index contributed by atoms with van der Waals surface area (Å²) in [6.07, 6.45) is 5.24. The van der Waals surface area contributed by atoms with Crippen LogP contribution in [0.5, 0.6) is 0 Å². The van der Waals surface area contributed by atoms with Gasteiger partial charge in [-0.15, -0.1) is 0 Å². The molecule has 2 fully saturated rings. The van der Waals surface area contributed by atoms with Crippen LogP contribution in [0.3, 0.4) is 0 Å². The van der Waals surface area contributed by atoms with Crippen LogP contribution in [-0.2, 0) is 0 Å². The molecule has 0 unspecified atom stereocenters. The molecule has 0 radical (unpaired) electrons. The monoisotopic (exact) mass is 194 g/mol. The van der Waals surface area contributed by atoms with E-state index in [1.54, 1.807) is 0 Å². The normalized spacial score (nSPS) is 32.9. The molecule has 0 spiro atoms. The van der Waals surface area contributed by atoms with E-state index in [1.165, 1.54) is 37.9 Å². The average molecular weight is 194 g/mol. The van der Waals surface area contributed by atoms with E-state index in [4.69, 9.17) is 0 Å². The first-order valence-electron chi connectivity index (χ1n) is 5.94. The molecule has 80 valence electrons. The fourth-order valence-electron chi connectivity index (χ4n) is 2.71. The molecular weight excluding hydrogens is 172 g/mol. The topological polar surface area (TPSA) is 15.3 Å². The summed E-state index contributed by atoms with van der Waals surface area (Å²) in [5.74, 6) is 0. The summed E-state index contributed by atoms with van der Waals surface area (Å²) in [4.78, 5) is 2.69. The molecule has 14 heavy (non-hydrogen) atoms. The molecule has 0 saturated carbocycles. The van der Waals surface area contributed by atoms with Crippen molar-refractivity contribution in [3.8, 4) is 0 Å². The van der Waals surface area contributed by atoms with Crippen molar-refractivity contribution in [3.63, 3.8) is 0 Å². The van der Waals surface area contributed by atoms with Gasteiger partial charge in [0.25, 0.3) is 0 Å². The van der Waals surface area contributed by atoms with Gasteiger partial charge in [0.2, 0.25) is 0 Å². The zero-order valence-corrected chi connectivity index (χ0v) is 9.26. The summed E-state index contributed by atoms with van der Waals surface area (Å²) in [5.41, 5.74) is 1.39. The molecule has 2 bridgehead atoms. The number of rotatable bonds is 3. The second-order valence-corrected chi connectivity index (χ2v) is 4.65. The minimum absolute atomic E-state index is 0.783. The minimum atomic E-state index is 0.783. The number of hydrogen-bond donors (Lipinski definition) is 1. The molecule has 0 amide bonds. The quantitative estimate of drug-likeness (QED) is 0.689. The largest absolute Gasteiger partial charge is 0.315 e. The lowest BCUT2D eigenvalue weighted by molar-refractivity contribution is 0.219. The summed E-state index contributed by atoms with van der Waals surface area (Å²) in [5, 5.41) is 3.53. The Balaban J connectivity index is 1.98. The van der Waals surface area contributed by atoms with Gasteiger partial charge in [-0.05, 0) is 32.2 Å². The molecule has 0 aromatic carbocycles. The zero-order chi connectivity index (χ0) is 9.97. The van der Waals surface area contributed by atoms with Crippen LogP contribution in [0.1, 0.15) is 32.6 Å². The predicted octanol–water partition coefficient (Wildman–Crippen LogP) is 1.78. The lowest BCUT2D eigenvalue weighted by Crippen LogP contribution is -2.39. The van der Waals surface area contributed by atoms with E-state index in [-0.39, 0.29) is 0 Å². The molecule has 2 atom stereocenters. The standard InChI is InChI=1S/C12H22N2/c1-3-10(2)9-14-11-4-5-12(14)8-13-7-6-11/h11-13H,2-9H2,1H3/t11-,12+/m1/s1. The van der Waals surface area contributed by atoms with Crippen LogP contribution >= 0.6 is 0 Å². The van der Waals surface area contributed by atoms with E-state index >= 15 is 0 Å². The van der Waals surface area contributed by atoms with Crippen molar-refractivity contribution >= 4 is 0 Å². The van der Waals surface area contributed by atoms with Gasteiger partial charge in [0.05, 0.1) is 0 Å². The van der Waals surface area contributed by atoms with Crippen LogP contribution in [0.25, 0.3) is 0 Å². The minimum Gasteiger partial charge on any atom is -0.315 e. The average Bonchev–Trinajstić information content (AvgIpc) is 2.40. The summed E-state index contributed by atoms with van der Waals surface area (Å²) < 4.78 is 0. The fourth-order valence-corrected chi connectivity index (χ4v) is 2.71. The molecule has 0 aliphatic carbocycles. The van der Waals surface area contributed by atoms with Gasteiger partial charge in [-0.1, -0.05) is 19.1 Å². The van der Waals surface area contributed by atoms with E-state index in [0.717, 1.165) is 25.0 Å². The maximum Gasteiger partial charge on any atom is 0.0227 e. The Hall–Kier alpha value is -0.340. The van der Waals surface area contributed by atoms with Gasteiger partial charge in [0.1, 0.15) is 0 Å². The number of hydrogen-bond acceptors (Lipinski definition) is 2. The number of fused-ring (bicyclic) bond motifs is 2. The van der Waals surface area contributed by atoms with Crippen molar-refractivity contribution in [2.75, 3.05) is 19.6 Å². The fraction of sp³-hybridized carbons (Fsp3) is 0.833. The molecular formula is C12H22N2. The first kappa shape index (κ1) is 10.2. The van der Waals surface area contributed by atoms with Crippen molar-refractivity contribution in [2.24, 2.45) is 0 Å². The van der Waals surface area contributed by atoms with Gasteiger partial charge in [-0.25, -0.2) is 0 Å². The predicted molar refractivity (Wildman–Crippen MR) is 60.4 cm³/mol. The third-order valence-electron chi connectivity index (χ3n) is 3.71. The van der Waals surface area contributed by atoms with E-state index < -0.39 is 0 Å². The molecule has 2 nitrogen and oxygen atoms in total. The number of nitrogens with one attached hydrogen (secondary N) is 1. The smallest absolute Gasteiger partial charge is 0.0227 e. The van der Waals surface area contributed by atoms with Crippen molar-refractivity contribution < 1.29 is 0 Å². The van der Waals surface area contributed by atoms with Crippen molar-refractivity contribution in [2.45, 2.75) is 44.7 Å². The molecule has 0 aromatic rings. The highest BCUT2D eigenvalue weighted by molar-refractivity contribution is 5.02. The van der Waals surface area contributed by atoms with E-state index in [0.29, 0.717) is 0 Å². The Morgan fingerprint density at radius 3 is 2.93 bits per heavy atom. The highest BCUT2D eigenvalue weighted by Crippen LogP contribution is 2.28. The first-order chi connectivity index (χ1) is 6.81. The van der Waals surface area contributed by atoms with Gasteiger partial charge in [0, 0.05) is 25.2 Å². The van der Waals surface area contributed by atoms with E-state index in [2.05, 4.69) is 23.7 Å². The van der Waals surface area contributed by atoms with Gasteiger partial charge in [0.15, 0.2) is 0 Å². The molecule has 2 aliphatic rings. The van der Waals surface area contributed by atoms with Crippen LogP contribution in [0.15, 0.2) is 12.2 Å². The van der Waals surface area contributed by atoms with Gasteiger partial charge >= 0.3 is 0 Å². The van der Waals surface area contributed by atoms with Crippen LogP contribution in [0.2, 0.25) is 0 Å². The Morgan fingerprint density at radius 2 is 2.14 bits per heavy atom. The maximum absolute atomic E-state index is 4.13. The Bertz CT molecular complexity index is 198. The Kier molecular flexibility index (Phi) is 3.24. The lowest BCUT2D eigenvalue weighted by atomic mass is 10.1. The maximum atomic E-state index is 4.13. The van der Waals surface area contributed by atoms with Crippen LogP contribution in [-0.4, -0.2) is 36.6 Å². The summed E-state index contributed by atoms with van der Waals surface area (Å²) >= 11 is 0. The molecule has 1 N–H and O–H groups in total. The highest BCUT2D eigenvalue weighted by Gasteiger charge is 2.34. The van der Waals surface area contributed by atoms with Crippen molar-refractivity contribution in [1.82, 2.24) is 10.2 Å². The van der Waals surface area contributed by atoms with Gasteiger partial charge < -0.3 is 5.32 Å². The molecule has 2 heterocycles. The van der Waals surface area contributed by atoms with Crippen LogP contribution in [0.4, 0.5) is 0 Å². The van der Waals surface area contributed by atoms with Crippen LogP contribution in [0, 0.1) is 0 Å². The third-order valence-corrected chi connectivity index (χ3v) is 3.71. The van der Waals surface area contributed by atoms with Gasteiger partial charge in [-0.3, -0.25) is 4.90 Å². The summed E-state index contributed by atoms with van der Waals surface area (Å²) in [6.45, 7) is 9.87. The third kappa shape index (κ3) is 2.01. The second-order valence-electron chi connectivity index (χ2n) is 4.65. The summed E-state index contributed by atoms with van der Waals surface area (Å²) in [6, 6.07) is 1.61. The first-order valence-corrected chi connectivity index (χ1v) is 5.94. The van der Waals surface area contributed by atoms with E-state index in [1.807, 2.05) is 0 Å². The Labute approximate surface area is 87.4 Å². The van der Waals surface area contributed by atoms with E-state index in [9.17, 15) is 0 Å². The zero-order valence-electron chi connectivity index (χ0n) is 9.26. The SMILES string of the molecule is C=C(CC)CN1[C@H]2CCNC[C@@H]1CC2. The molecule has 0 aromatic heterocycles. The highest BCUT2D eigenvalue weighted by atomic mass is 15.2. The molecule has 2 heteroatoms. The lowest BCUT2D eigenvalue weighted by Gasteiger charge is -2.28. The molecule has 2 saturated heterocycles. The Morgan fingerprint density at radius 1 is 1.36 bits per heavy atom. The summed E-state index contributed by atoms with van der Waals surface area (Å²) in [7, 11) is 0. The molecule has 2 rings (SSSR count).